The first-order valence-electron chi connectivity index (χ1n) is 10.6. The van der Waals surface area contributed by atoms with Crippen molar-refractivity contribution in [3.63, 3.8) is 0 Å². The summed E-state index contributed by atoms with van der Waals surface area (Å²) in [5.74, 6) is 0.433. The molecule has 0 saturated carbocycles. The average molecular weight is 381 g/mol. The van der Waals surface area contributed by atoms with Gasteiger partial charge in [0.2, 0.25) is 0 Å². The summed E-state index contributed by atoms with van der Waals surface area (Å²) in [6.45, 7) is 13.4. The maximum atomic E-state index is 12.7. The van der Waals surface area contributed by atoms with Crippen LogP contribution in [0.3, 0.4) is 0 Å². The lowest BCUT2D eigenvalue weighted by atomic mass is 9.73. The van der Waals surface area contributed by atoms with Gasteiger partial charge >= 0.3 is 6.03 Å². The van der Waals surface area contributed by atoms with Crippen molar-refractivity contribution in [2.45, 2.75) is 51.6 Å². The zero-order chi connectivity index (χ0) is 19.8. The van der Waals surface area contributed by atoms with Gasteiger partial charge in [-0.25, -0.2) is 4.79 Å². The smallest absolute Gasteiger partial charge is 0.317 e. The second-order valence-corrected chi connectivity index (χ2v) is 8.17. The fraction of sp³-hybridized carbons (Fsp3) is 0.522. The summed E-state index contributed by atoms with van der Waals surface area (Å²) >= 11 is 0. The van der Waals surface area contributed by atoms with Gasteiger partial charge in [-0.2, -0.15) is 0 Å². The summed E-state index contributed by atoms with van der Waals surface area (Å²) in [5.41, 5.74) is 5.43. The number of hydrogen-bond acceptors (Lipinski definition) is 2. The third kappa shape index (κ3) is 3.12. The second-order valence-electron chi connectivity index (χ2n) is 8.17. The number of aryl methyl sites for hydroxylation is 1. The van der Waals surface area contributed by atoms with Gasteiger partial charge in [0.05, 0.1) is 0 Å². The number of likely N-dealkylation sites (tertiary alicyclic amines) is 1. The summed E-state index contributed by atoms with van der Waals surface area (Å²) in [6.07, 6.45) is 4.05. The fourth-order valence-electron chi connectivity index (χ4n) is 5.32. The monoisotopic (exact) mass is 380 g/mol. The van der Waals surface area contributed by atoms with Gasteiger partial charge in [-0.05, 0) is 50.8 Å². The molecule has 1 aliphatic heterocycles. The Bertz CT molecular complexity index is 882. The van der Waals surface area contributed by atoms with Crippen molar-refractivity contribution in [1.82, 2.24) is 20.1 Å². The Morgan fingerprint density at radius 1 is 1.39 bits per heavy atom. The zero-order valence-corrected chi connectivity index (χ0v) is 17.3. The maximum absolute atomic E-state index is 12.7. The van der Waals surface area contributed by atoms with E-state index in [4.69, 9.17) is 0 Å². The van der Waals surface area contributed by atoms with Crippen molar-refractivity contribution in [2.75, 3.05) is 26.2 Å². The Morgan fingerprint density at radius 3 is 2.89 bits per heavy atom. The summed E-state index contributed by atoms with van der Waals surface area (Å²) in [5, 5.41) is 4.72. The Labute approximate surface area is 167 Å². The lowest BCUT2D eigenvalue weighted by molar-refractivity contribution is 0.110. The van der Waals surface area contributed by atoms with E-state index in [-0.39, 0.29) is 12.1 Å². The van der Waals surface area contributed by atoms with Crippen LogP contribution in [0.1, 0.15) is 43.0 Å². The van der Waals surface area contributed by atoms with E-state index in [1.807, 2.05) is 24.8 Å². The quantitative estimate of drug-likeness (QED) is 0.776. The van der Waals surface area contributed by atoms with Crippen LogP contribution in [0.4, 0.5) is 4.79 Å². The number of H-pyrrole nitrogens is 1. The maximum Gasteiger partial charge on any atom is 0.317 e. The topological polar surface area (TPSA) is 51.4 Å². The summed E-state index contributed by atoms with van der Waals surface area (Å²) in [7, 11) is 0. The molecule has 5 nitrogen and oxygen atoms in total. The molecule has 1 aromatic carbocycles. The molecule has 1 aliphatic carbocycles. The van der Waals surface area contributed by atoms with Crippen LogP contribution in [0.25, 0.3) is 10.9 Å². The number of urea groups is 1. The first-order valence-corrected chi connectivity index (χ1v) is 10.6. The van der Waals surface area contributed by atoms with Crippen LogP contribution >= 0.6 is 0 Å². The fourth-order valence-corrected chi connectivity index (χ4v) is 5.32. The SMILES string of the molecule is C=CCN1C[C@@H](NC(=O)N(CC)CC)C[C@@H]2c3cccc4[nH]c(C)c(c34)C[C@H]21. The Hall–Kier alpha value is -2.27. The predicted octanol–water partition coefficient (Wildman–Crippen LogP) is 3.80. The standard InChI is InChI=1S/C23H32N4O/c1-5-11-27-14-16(25-23(28)26(6-2)7-3)12-19-17-9-8-10-20-22(17)18(13-21(19)27)15(4)24-20/h5,8-10,16,19,21,24H,1,6-7,11-14H2,2-4H3,(H,25,28)/t16-,19+,21+/m0/s1. The largest absolute Gasteiger partial charge is 0.358 e. The van der Waals surface area contributed by atoms with Gasteiger partial charge in [0.25, 0.3) is 0 Å². The van der Waals surface area contributed by atoms with Crippen molar-refractivity contribution in [3.05, 3.63) is 47.7 Å². The van der Waals surface area contributed by atoms with Crippen LogP contribution < -0.4 is 5.32 Å². The van der Waals surface area contributed by atoms with Crippen LogP contribution in [0.5, 0.6) is 0 Å². The van der Waals surface area contributed by atoms with Crippen molar-refractivity contribution >= 4 is 16.9 Å². The molecule has 1 fully saturated rings. The molecule has 1 saturated heterocycles. The second kappa shape index (κ2) is 7.63. The molecule has 28 heavy (non-hydrogen) atoms. The van der Waals surface area contributed by atoms with Crippen molar-refractivity contribution < 1.29 is 4.79 Å². The summed E-state index contributed by atoms with van der Waals surface area (Å²) in [6, 6.07) is 7.31. The lowest BCUT2D eigenvalue weighted by Gasteiger charge is -2.47. The molecule has 3 atom stereocenters. The molecule has 4 rings (SSSR count). The minimum Gasteiger partial charge on any atom is -0.358 e. The molecule has 0 bridgehead atoms. The van der Waals surface area contributed by atoms with Crippen molar-refractivity contribution in [3.8, 4) is 0 Å². The molecular weight excluding hydrogens is 348 g/mol. The van der Waals surface area contributed by atoms with Gasteiger partial charge in [0.1, 0.15) is 0 Å². The van der Waals surface area contributed by atoms with Gasteiger partial charge in [-0.15, -0.1) is 6.58 Å². The molecule has 0 radical (unpaired) electrons. The highest BCUT2D eigenvalue weighted by molar-refractivity contribution is 5.89. The molecule has 5 heteroatoms. The Balaban J connectivity index is 1.67. The molecule has 0 spiro atoms. The van der Waals surface area contributed by atoms with E-state index in [0.29, 0.717) is 12.0 Å². The van der Waals surface area contributed by atoms with Gasteiger partial charge in [0, 0.05) is 60.8 Å². The minimum atomic E-state index is 0.0548. The highest BCUT2D eigenvalue weighted by Crippen LogP contribution is 2.44. The minimum absolute atomic E-state index is 0.0548. The van der Waals surface area contributed by atoms with E-state index in [2.05, 4.69) is 46.9 Å². The van der Waals surface area contributed by atoms with E-state index in [9.17, 15) is 4.79 Å². The number of amides is 2. The van der Waals surface area contributed by atoms with E-state index in [1.165, 1.54) is 27.7 Å². The predicted molar refractivity (Wildman–Crippen MR) is 115 cm³/mol. The van der Waals surface area contributed by atoms with Gasteiger partial charge < -0.3 is 15.2 Å². The summed E-state index contributed by atoms with van der Waals surface area (Å²) < 4.78 is 0. The normalized spacial score (nSPS) is 24.0. The number of fused-ring (bicyclic) bond motifs is 2. The van der Waals surface area contributed by atoms with Crippen LogP contribution in [-0.4, -0.2) is 59.1 Å². The highest BCUT2D eigenvalue weighted by Gasteiger charge is 2.41. The van der Waals surface area contributed by atoms with E-state index in [1.54, 1.807) is 0 Å². The van der Waals surface area contributed by atoms with Gasteiger partial charge in [-0.1, -0.05) is 18.2 Å². The number of aromatic nitrogens is 1. The average Bonchev–Trinajstić information content (AvgIpc) is 3.00. The van der Waals surface area contributed by atoms with Crippen molar-refractivity contribution in [1.29, 1.82) is 0 Å². The number of rotatable bonds is 5. The molecule has 0 unspecified atom stereocenters. The molecule has 1 aromatic heterocycles. The van der Waals surface area contributed by atoms with Gasteiger partial charge in [-0.3, -0.25) is 4.90 Å². The van der Waals surface area contributed by atoms with Crippen LogP contribution in [0.2, 0.25) is 0 Å². The number of benzene rings is 1. The molecule has 2 amide bonds. The molecule has 150 valence electrons. The van der Waals surface area contributed by atoms with Crippen LogP contribution in [0, 0.1) is 6.92 Å². The van der Waals surface area contributed by atoms with Crippen LogP contribution in [-0.2, 0) is 6.42 Å². The Kier molecular flexibility index (Phi) is 5.19. The number of carbonyl (C=O) groups excluding carboxylic acids is 1. The van der Waals surface area contributed by atoms with Gasteiger partial charge in [0.15, 0.2) is 0 Å². The third-order valence-corrected chi connectivity index (χ3v) is 6.65. The Morgan fingerprint density at radius 2 is 2.18 bits per heavy atom. The van der Waals surface area contributed by atoms with E-state index in [0.717, 1.165) is 39.0 Å². The number of hydrogen-bond donors (Lipinski definition) is 2. The first-order chi connectivity index (χ1) is 13.6. The summed E-state index contributed by atoms with van der Waals surface area (Å²) in [4.78, 5) is 20.6. The number of carbonyl (C=O) groups is 1. The number of nitrogens with one attached hydrogen (secondary N) is 2. The number of nitrogens with zero attached hydrogens (tertiary/aromatic N) is 2. The molecule has 2 aliphatic rings. The first kappa shape index (κ1) is 19.1. The van der Waals surface area contributed by atoms with Crippen molar-refractivity contribution in [2.24, 2.45) is 0 Å². The lowest BCUT2D eigenvalue weighted by Crippen LogP contribution is -2.57. The zero-order valence-electron chi connectivity index (χ0n) is 17.3. The third-order valence-electron chi connectivity index (χ3n) is 6.65. The van der Waals surface area contributed by atoms with E-state index < -0.39 is 0 Å². The van der Waals surface area contributed by atoms with Crippen LogP contribution in [0.15, 0.2) is 30.9 Å². The molecule has 2 heterocycles. The number of piperidine rings is 1. The molecule has 2 aromatic rings. The molecule has 2 N–H and O–H groups in total. The molecular formula is C23H32N4O. The highest BCUT2D eigenvalue weighted by atomic mass is 16.2. The number of aromatic amines is 1. The van der Waals surface area contributed by atoms with E-state index >= 15 is 0 Å².